The van der Waals surface area contributed by atoms with Crippen molar-refractivity contribution in [3.63, 3.8) is 0 Å². The molecule has 0 unspecified atom stereocenters. The maximum atomic E-state index is 13.1. The first-order valence-electron chi connectivity index (χ1n) is 10.4. The van der Waals surface area contributed by atoms with E-state index in [-0.39, 0.29) is 16.7 Å². The minimum absolute atomic E-state index is 0.262. The van der Waals surface area contributed by atoms with Crippen molar-refractivity contribution < 1.29 is 19.0 Å². The quantitative estimate of drug-likeness (QED) is 0.436. The highest BCUT2D eigenvalue weighted by molar-refractivity contribution is 7.17. The minimum atomic E-state index is -0.382. The maximum Gasteiger partial charge on any atom is 0.296 e. The third kappa shape index (κ3) is 5.23. The fraction of sp³-hybridized carbons (Fsp3) is 0.409. The van der Waals surface area contributed by atoms with E-state index >= 15 is 0 Å². The Bertz CT molecular complexity index is 1150. The zero-order chi connectivity index (χ0) is 23.4. The van der Waals surface area contributed by atoms with Crippen LogP contribution >= 0.6 is 22.9 Å². The fourth-order valence-corrected chi connectivity index (χ4v) is 4.52. The van der Waals surface area contributed by atoms with Crippen LogP contribution < -0.4 is 14.8 Å². The Hall–Kier alpha value is -2.82. The van der Waals surface area contributed by atoms with Crippen LogP contribution in [0.1, 0.15) is 41.7 Å². The first-order chi connectivity index (χ1) is 15.9. The van der Waals surface area contributed by atoms with Gasteiger partial charge in [0.2, 0.25) is 5.13 Å². The van der Waals surface area contributed by atoms with Crippen molar-refractivity contribution in [1.29, 1.82) is 0 Å². The summed E-state index contributed by atoms with van der Waals surface area (Å²) >= 11 is 7.29. The average molecular weight is 490 g/mol. The molecular weight excluding hydrogens is 466 g/mol. The van der Waals surface area contributed by atoms with Crippen molar-refractivity contribution in [3.05, 3.63) is 40.9 Å². The molecule has 1 fully saturated rings. The molecule has 1 aliphatic rings. The van der Waals surface area contributed by atoms with Crippen molar-refractivity contribution in [3.8, 4) is 22.1 Å². The minimum Gasteiger partial charge on any atom is -0.494 e. The number of nitrogens with one attached hydrogen (secondary N) is 1. The summed E-state index contributed by atoms with van der Waals surface area (Å²) in [5.41, 5.74) is 2.08. The number of ether oxygens (including phenoxy) is 3. The molecule has 3 aromatic rings. The molecule has 3 aromatic heterocycles. The summed E-state index contributed by atoms with van der Waals surface area (Å²) in [7, 11) is 3.21. The Morgan fingerprint density at radius 2 is 2.00 bits per heavy atom. The van der Waals surface area contributed by atoms with Crippen molar-refractivity contribution in [2.75, 3.05) is 26.1 Å². The van der Waals surface area contributed by atoms with E-state index in [0.717, 1.165) is 31.4 Å². The number of hydrogen-bond donors (Lipinski definition) is 1. The van der Waals surface area contributed by atoms with Crippen LogP contribution in [0.4, 0.5) is 5.13 Å². The van der Waals surface area contributed by atoms with Crippen LogP contribution in [-0.4, -0.2) is 52.5 Å². The Labute approximate surface area is 200 Å². The van der Waals surface area contributed by atoms with Crippen LogP contribution in [0.25, 0.3) is 11.1 Å². The molecule has 174 valence electrons. The third-order valence-electron chi connectivity index (χ3n) is 5.59. The van der Waals surface area contributed by atoms with E-state index in [1.807, 2.05) is 6.92 Å². The molecule has 1 N–H and O–H groups in total. The van der Waals surface area contributed by atoms with Crippen molar-refractivity contribution in [1.82, 2.24) is 20.2 Å². The molecule has 0 saturated heterocycles. The van der Waals surface area contributed by atoms with E-state index < -0.39 is 0 Å². The van der Waals surface area contributed by atoms with Gasteiger partial charge in [0.05, 0.1) is 18.9 Å². The van der Waals surface area contributed by atoms with Gasteiger partial charge in [0, 0.05) is 43.2 Å². The van der Waals surface area contributed by atoms with E-state index in [9.17, 15) is 4.79 Å². The largest absolute Gasteiger partial charge is 0.494 e. The van der Waals surface area contributed by atoms with Crippen molar-refractivity contribution >= 4 is 34.0 Å². The number of rotatable bonds is 9. The van der Waals surface area contributed by atoms with E-state index in [1.165, 1.54) is 30.8 Å². The lowest BCUT2D eigenvalue weighted by atomic mass is 9.78. The zero-order valence-electron chi connectivity index (χ0n) is 18.6. The van der Waals surface area contributed by atoms with Crippen molar-refractivity contribution in [2.24, 2.45) is 0 Å². The lowest BCUT2D eigenvalue weighted by molar-refractivity contribution is -0.0319. The van der Waals surface area contributed by atoms with Crippen LogP contribution in [0.5, 0.6) is 10.9 Å². The van der Waals surface area contributed by atoms with E-state index in [0.29, 0.717) is 39.4 Å². The SMILES string of the molecule is COCCC1(Oc2nnc(NC(=O)c3cnc(C)cc3-c3cc(Cl)ncc3OC)s2)CCC1. The molecule has 0 atom stereocenters. The van der Waals surface area contributed by atoms with Gasteiger partial charge in [0.15, 0.2) is 0 Å². The summed E-state index contributed by atoms with van der Waals surface area (Å²) in [6, 6.07) is 3.45. The number of carbonyl (C=O) groups is 1. The number of carbonyl (C=O) groups excluding carboxylic acids is 1. The topological polar surface area (TPSA) is 108 Å². The van der Waals surface area contributed by atoms with Crippen LogP contribution in [0.3, 0.4) is 0 Å². The lowest BCUT2D eigenvalue weighted by Crippen LogP contribution is -2.44. The number of methoxy groups -OCH3 is 2. The number of anilines is 1. The number of aryl methyl sites for hydroxylation is 1. The average Bonchev–Trinajstić information content (AvgIpc) is 3.21. The smallest absolute Gasteiger partial charge is 0.296 e. The van der Waals surface area contributed by atoms with Crippen LogP contribution in [0, 0.1) is 6.92 Å². The van der Waals surface area contributed by atoms with Gasteiger partial charge in [0.25, 0.3) is 11.1 Å². The van der Waals surface area contributed by atoms with Crippen LogP contribution in [0.2, 0.25) is 5.15 Å². The van der Waals surface area contributed by atoms with E-state index in [4.69, 9.17) is 25.8 Å². The Morgan fingerprint density at radius 3 is 2.70 bits per heavy atom. The Kier molecular flexibility index (Phi) is 7.06. The predicted octanol–water partition coefficient (Wildman–Crippen LogP) is 4.56. The standard InChI is InChI=1S/C22H24ClN5O4S/c1-13-9-14(15-10-18(23)25-12-17(15)31-3)16(11-24-13)19(29)26-20-27-28-21(33-20)32-22(5-4-6-22)7-8-30-2/h9-12H,4-8H2,1-3H3,(H,26,27,29). The molecule has 0 aliphatic heterocycles. The second-order valence-electron chi connectivity index (χ2n) is 7.79. The van der Waals surface area contributed by atoms with Crippen LogP contribution in [-0.2, 0) is 4.74 Å². The molecule has 0 bridgehead atoms. The van der Waals surface area contributed by atoms with Gasteiger partial charge in [-0.2, -0.15) is 0 Å². The molecule has 11 heteroatoms. The van der Waals surface area contributed by atoms with Gasteiger partial charge in [-0.1, -0.05) is 16.7 Å². The number of aromatic nitrogens is 4. The van der Waals surface area contributed by atoms with Gasteiger partial charge in [0.1, 0.15) is 16.5 Å². The first kappa shape index (κ1) is 23.3. The highest BCUT2D eigenvalue weighted by Crippen LogP contribution is 2.41. The van der Waals surface area contributed by atoms with E-state index in [2.05, 4.69) is 25.5 Å². The monoisotopic (exact) mass is 489 g/mol. The molecule has 9 nitrogen and oxygen atoms in total. The van der Waals surface area contributed by atoms with Gasteiger partial charge in [-0.15, -0.1) is 5.10 Å². The summed E-state index contributed by atoms with van der Waals surface area (Å²) in [6.45, 7) is 2.46. The Balaban J connectivity index is 1.55. The highest BCUT2D eigenvalue weighted by atomic mass is 35.5. The molecule has 0 spiro atoms. The number of nitrogens with zero attached hydrogens (tertiary/aromatic N) is 4. The number of halogens is 1. The summed E-state index contributed by atoms with van der Waals surface area (Å²) in [4.78, 5) is 21.5. The van der Waals surface area contributed by atoms with Gasteiger partial charge in [-0.05, 0) is 49.7 Å². The summed E-state index contributed by atoms with van der Waals surface area (Å²) < 4.78 is 16.7. The second-order valence-corrected chi connectivity index (χ2v) is 9.11. The van der Waals surface area contributed by atoms with Gasteiger partial charge >= 0.3 is 0 Å². The second kappa shape index (κ2) is 9.98. The van der Waals surface area contributed by atoms with Gasteiger partial charge < -0.3 is 14.2 Å². The van der Waals surface area contributed by atoms with Gasteiger partial charge in [-0.25, -0.2) is 4.98 Å². The highest BCUT2D eigenvalue weighted by Gasteiger charge is 2.40. The molecule has 1 amide bonds. The summed E-state index contributed by atoms with van der Waals surface area (Å²) in [5, 5.41) is 12.0. The Morgan fingerprint density at radius 1 is 1.18 bits per heavy atom. The number of hydrogen-bond acceptors (Lipinski definition) is 9. The normalized spacial score (nSPS) is 14.4. The molecule has 1 saturated carbocycles. The third-order valence-corrected chi connectivity index (χ3v) is 6.51. The number of amides is 1. The molecule has 33 heavy (non-hydrogen) atoms. The van der Waals surface area contributed by atoms with E-state index in [1.54, 1.807) is 19.2 Å². The predicted molar refractivity (Wildman–Crippen MR) is 125 cm³/mol. The molecule has 0 aromatic carbocycles. The van der Waals surface area contributed by atoms with Crippen molar-refractivity contribution in [2.45, 2.75) is 38.2 Å². The van der Waals surface area contributed by atoms with Crippen LogP contribution in [0.15, 0.2) is 24.5 Å². The molecule has 4 rings (SSSR count). The number of pyridine rings is 2. The maximum absolute atomic E-state index is 13.1. The molecular formula is C22H24ClN5O4S. The lowest BCUT2D eigenvalue weighted by Gasteiger charge is -2.40. The first-order valence-corrected chi connectivity index (χ1v) is 11.6. The summed E-state index contributed by atoms with van der Waals surface area (Å²) in [6.07, 6.45) is 6.83. The molecule has 3 heterocycles. The van der Waals surface area contributed by atoms with Gasteiger partial charge in [-0.3, -0.25) is 15.1 Å². The molecule has 1 aliphatic carbocycles. The molecule has 0 radical (unpaired) electrons. The fourth-order valence-electron chi connectivity index (χ4n) is 3.67. The zero-order valence-corrected chi connectivity index (χ0v) is 20.1. The summed E-state index contributed by atoms with van der Waals surface area (Å²) in [5.74, 6) is 0.112.